The summed E-state index contributed by atoms with van der Waals surface area (Å²) < 4.78 is 8.99. The molecule has 0 N–H and O–H groups in total. The van der Waals surface area contributed by atoms with E-state index in [1.165, 1.54) is 32.9 Å². The van der Waals surface area contributed by atoms with Gasteiger partial charge in [0.05, 0.1) is 22.4 Å². The van der Waals surface area contributed by atoms with Crippen LogP contribution in [-0.2, 0) is 0 Å². The predicted octanol–water partition coefficient (Wildman–Crippen LogP) is 16.8. The van der Waals surface area contributed by atoms with Gasteiger partial charge in [0.2, 0.25) is 0 Å². The summed E-state index contributed by atoms with van der Waals surface area (Å²) in [6.45, 7) is 0. The van der Waals surface area contributed by atoms with Crippen molar-refractivity contribution in [3.8, 4) is 50.2 Å². The molecule has 0 aliphatic rings. The Morgan fingerprint density at radius 1 is 0.317 bits per heavy atom. The third kappa shape index (κ3) is 6.29. The monoisotopic (exact) mass is 804 g/mol. The summed E-state index contributed by atoms with van der Waals surface area (Å²) in [6.07, 6.45) is 0. The maximum absolute atomic E-state index is 6.58. The Hall–Kier alpha value is -8.40. The number of aromatic nitrogens is 1. The molecule has 0 atom stereocenters. The molecule has 2 aromatic heterocycles. The molecule has 0 spiro atoms. The topological polar surface area (TPSA) is 21.3 Å². The Morgan fingerprint density at radius 3 is 1.56 bits per heavy atom. The van der Waals surface area contributed by atoms with E-state index < -0.39 is 0 Å². The van der Waals surface area contributed by atoms with Gasteiger partial charge in [-0.3, -0.25) is 0 Å². The van der Waals surface area contributed by atoms with Crippen molar-refractivity contribution in [3.05, 3.63) is 243 Å². The van der Waals surface area contributed by atoms with E-state index in [2.05, 4.69) is 240 Å². The number of rotatable bonds is 8. The van der Waals surface area contributed by atoms with E-state index in [1.54, 1.807) is 0 Å². The van der Waals surface area contributed by atoms with E-state index in [0.29, 0.717) is 0 Å². The Bertz CT molecular complexity index is 3600. The van der Waals surface area contributed by atoms with Crippen LogP contribution in [0.2, 0.25) is 0 Å². The van der Waals surface area contributed by atoms with Crippen LogP contribution in [0.5, 0.6) is 0 Å². The molecule has 10 aromatic carbocycles. The van der Waals surface area contributed by atoms with Crippen LogP contribution in [0.4, 0.5) is 17.1 Å². The zero-order valence-corrected chi connectivity index (χ0v) is 34.4. The fourth-order valence-corrected chi connectivity index (χ4v) is 9.53. The average molecular weight is 805 g/mol. The Kier molecular flexibility index (Phi) is 8.83. The number of anilines is 3. The first-order valence-electron chi connectivity index (χ1n) is 21.5. The van der Waals surface area contributed by atoms with Gasteiger partial charge in [-0.15, -0.1) is 0 Å². The maximum atomic E-state index is 6.58. The first-order valence-corrected chi connectivity index (χ1v) is 21.5. The van der Waals surface area contributed by atoms with Gasteiger partial charge in [0, 0.05) is 49.6 Å². The molecule has 0 unspecified atom stereocenters. The lowest BCUT2D eigenvalue weighted by Gasteiger charge is -2.29. The highest BCUT2D eigenvalue weighted by molar-refractivity contribution is 6.11. The summed E-state index contributed by atoms with van der Waals surface area (Å²) in [6, 6.07) is 87.2. The summed E-state index contributed by atoms with van der Waals surface area (Å²) in [5, 5.41) is 4.73. The summed E-state index contributed by atoms with van der Waals surface area (Å²) >= 11 is 0. The molecule has 296 valence electrons. The van der Waals surface area contributed by atoms with Crippen molar-refractivity contribution in [3.63, 3.8) is 0 Å². The predicted molar refractivity (Wildman–Crippen MR) is 264 cm³/mol. The minimum Gasteiger partial charge on any atom is -0.455 e. The van der Waals surface area contributed by atoms with E-state index in [-0.39, 0.29) is 0 Å². The zero-order valence-electron chi connectivity index (χ0n) is 34.4. The molecule has 12 aromatic rings. The molecule has 0 saturated carbocycles. The second-order valence-electron chi connectivity index (χ2n) is 16.1. The van der Waals surface area contributed by atoms with Crippen LogP contribution in [0.3, 0.4) is 0 Å². The lowest BCUT2D eigenvalue weighted by atomic mass is 9.96. The minimum absolute atomic E-state index is 0.891. The number of hydrogen-bond acceptors (Lipinski definition) is 2. The quantitative estimate of drug-likeness (QED) is 0.153. The number of fused-ring (bicyclic) bond motifs is 6. The molecule has 12 rings (SSSR count). The van der Waals surface area contributed by atoms with E-state index in [0.717, 1.165) is 78.1 Å². The molecule has 0 bridgehead atoms. The molecule has 0 radical (unpaired) electrons. The molecular formula is C60H40N2O. The molecular weight excluding hydrogens is 765 g/mol. The van der Waals surface area contributed by atoms with Gasteiger partial charge in [-0.1, -0.05) is 182 Å². The van der Waals surface area contributed by atoms with Gasteiger partial charge in [-0.25, -0.2) is 0 Å². The van der Waals surface area contributed by atoms with Gasteiger partial charge < -0.3 is 13.9 Å². The molecule has 2 heterocycles. The van der Waals surface area contributed by atoms with Crippen molar-refractivity contribution in [1.82, 2.24) is 4.57 Å². The third-order valence-corrected chi connectivity index (χ3v) is 12.4. The maximum Gasteiger partial charge on any atom is 0.143 e. The average Bonchev–Trinajstić information content (AvgIpc) is 3.91. The summed E-state index contributed by atoms with van der Waals surface area (Å²) in [5.41, 5.74) is 17.5. The first-order chi connectivity index (χ1) is 31.3. The Morgan fingerprint density at radius 2 is 0.810 bits per heavy atom. The highest BCUT2D eigenvalue weighted by Crippen LogP contribution is 2.45. The van der Waals surface area contributed by atoms with Gasteiger partial charge >= 0.3 is 0 Å². The molecule has 0 saturated heterocycles. The molecule has 0 fully saturated rings. The van der Waals surface area contributed by atoms with Gasteiger partial charge in [-0.05, 0) is 88.5 Å². The van der Waals surface area contributed by atoms with Crippen LogP contribution >= 0.6 is 0 Å². The Balaban J connectivity index is 1.06. The standard InChI is InChI=1S/C60H40N2O/c1-2-18-41(19-3-1)42-20-14-21-43(38-42)48-26-4-9-33-55(48)61(47-25-16-23-45(40-47)50-31-17-32-54-53-30-8-13-37-59(53)63-60(50)54)46-24-15-22-44(39-46)49-27-5-10-34-56(49)62-57-35-11-6-28-51(57)52-29-7-12-36-58(52)62/h1-40H. The number of furan rings is 1. The van der Waals surface area contributed by atoms with Crippen LogP contribution in [0.25, 0.3) is 93.9 Å². The normalized spacial score (nSPS) is 11.5. The van der Waals surface area contributed by atoms with Crippen LogP contribution in [0, 0.1) is 0 Å². The van der Waals surface area contributed by atoms with Crippen molar-refractivity contribution in [1.29, 1.82) is 0 Å². The second kappa shape index (κ2) is 15.3. The third-order valence-electron chi connectivity index (χ3n) is 12.4. The molecule has 0 aliphatic heterocycles. The van der Waals surface area contributed by atoms with E-state index in [9.17, 15) is 0 Å². The first kappa shape index (κ1) is 36.5. The van der Waals surface area contributed by atoms with Crippen LogP contribution in [0.15, 0.2) is 247 Å². The van der Waals surface area contributed by atoms with Gasteiger partial charge in [0.1, 0.15) is 11.2 Å². The summed E-state index contributed by atoms with van der Waals surface area (Å²) in [4.78, 5) is 2.42. The lowest BCUT2D eigenvalue weighted by Crippen LogP contribution is -2.11. The molecule has 3 heteroatoms. The largest absolute Gasteiger partial charge is 0.455 e. The highest BCUT2D eigenvalue weighted by atomic mass is 16.3. The molecule has 0 aliphatic carbocycles. The molecule has 63 heavy (non-hydrogen) atoms. The zero-order chi connectivity index (χ0) is 41.7. The number of hydrogen-bond donors (Lipinski definition) is 0. The fourth-order valence-electron chi connectivity index (χ4n) is 9.53. The number of para-hydroxylation sites is 6. The smallest absolute Gasteiger partial charge is 0.143 e. The van der Waals surface area contributed by atoms with Crippen LogP contribution < -0.4 is 4.90 Å². The van der Waals surface area contributed by atoms with Gasteiger partial charge in [0.25, 0.3) is 0 Å². The number of benzene rings is 10. The van der Waals surface area contributed by atoms with Gasteiger partial charge in [0.15, 0.2) is 0 Å². The van der Waals surface area contributed by atoms with E-state index in [4.69, 9.17) is 4.42 Å². The highest BCUT2D eigenvalue weighted by Gasteiger charge is 2.21. The Labute approximate surface area is 366 Å². The SMILES string of the molecule is c1ccc(-c2cccc(-c3ccccc3N(c3cccc(-c4ccccc4-n4c5ccccc5c5ccccc54)c3)c3cccc(-c4cccc5c4oc4ccccc45)c3)c2)cc1. The van der Waals surface area contributed by atoms with Crippen molar-refractivity contribution < 1.29 is 4.42 Å². The fraction of sp³-hybridized carbons (Fsp3) is 0. The van der Waals surface area contributed by atoms with Crippen molar-refractivity contribution in [2.45, 2.75) is 0 Å². The van der Waals surface area contributed by atoms with Crippen LogP contribution in [-0.4, -0.2) is 4.57 Å². The van der Waals surface area contributed by atoms with E-state index >= 15 is 0 Å². The van der Waals surface area contributed by atoms with Crippen LogP contribution in [0.1, 0.15) is 0 Å². The number of nitrogens with zero attached hydrogens (tertiary/aromatic N) is 2. The van der Waals surface area contributed by atoms with Gasteiger partial charge in [-0.2, -0.15) is 0 Å². The van der Waals surface area contributed by atoms with Crippen molar-refractivity contribution >= 4 is 60.8 Å². The van der Waals surface area contributed by atoms with Crippen molar-refractivity contribution in [2.24, 2.45) is 0 Å². The molecule has 0 amide bonds. The molecule has 3 nitrogen and oxygen atoms in total. The summed E-state index contributed by atoms with van der Waals surface area (Å²) in [5.74, 6) is 0. The van der Waals surface area contributed by atoms with Crippen molar-refractivity contribution in [2.75, 3.05) is 4.90 Å². The minimum atomic E-state index is 0.891. The van der Waals surface area contributed by atoms with E-state index in [1.807, 2.05) is 12.1 Å². The second-order valence-corrected chi connectivity index (χ2v) is 16.1. The lowest BCUT2D eigenvalue weighted by molar-refractivity contribution is 0.670. The summed E-state index contributed by atoms with van der Waals surface area (Å²) in [7, 11) is 0.